The Hall–Kier alpha value is -1.05. The number of carboxylic acids is 1. The van der Waals surface area contributed by atoms with E-state index < -0.39 is 12.0 Å². The standard InChI is InChI=1S/C5H9N3.C3H7NO2S/c6-2-1-5-3-7-4-8-5;4-2(1-7)3(5)6/h3-4H,1-2,6H2,(H,7,8);2,7H,1,4H2,(H,5,6). The van der Waals surface area contributed by atoms with Gasteiger partial charge in [0.05, 0.1) is 6.33 Å². The molecule has 0 saturated heterocycles. The van der Waals surface area contributed by atoms with Gasteiger partial charge in [-0.1, -0.05) is 0 Å². The van der Waals surface area contributed by atoms with Crippen molar-refractivity contribution < 1.29 is 9.90 Å². The molecule has 6 N–H and O–H groups in total. The number of nitrogens with zero attached hydrogens (tertiary/aromatic N) is 1. The summed E-state index contributed by atoms with van der Waals surface area (Å²) in [7, 11) is 0. The molecule has 0 aliphatic carbocycles. The van der Waals surface area contributed by atoms with Crippen LogP contribution in [0.3, 0.4) is 0 Å². The van der Waals surface area contributed by atoms with Crippen molar-refractivity contribution in [2.45, 2.75) is 12.5 Å². The van der Waals surface area contributed by atoms with E-state index in [1.54, 1.807) is 12.5 Å². The molecule has 7 heteroatoms. The highest BCUT2D eigenvalue weighted by Crippen LogP contribution is 1.88. The van der Waals surface area contributed by atoms with Crippen LogP contribution in [0.5, 0.6) is 0 Å². The molecule has 0 radical (unpaired) electrons. The van der Waals surface area contributed by atoms with Gasteiger partial charge in [-0.05, 0) is 6.54 Å². The second-order valence-electron chi connectivity index (χ2n) is 2.74. The average Bonchev–Trinajstić information content (AvgIpc) is 2.71. The van der Waals surface area contributed by atoms with Gasteiger partial charge in [0.1, 0.15) is 6.04 Å². The molecule has 1 aromatic rings. The van der Waals surface area contributed by atoms with E-state index in [2.05, 4.69) is 22.6 Å². The lowest BCUT2D eigenvalue weighted by molar-refractivity contribution is -0.137. The van der Waals surface area contributed by atoms with Gasteiger partial charge in [-0.15, -0.1) is 0 Å². The summed E-state index contributed by atoms with van der Waals surface area (Å²) in [5.74, 6) is -0.815. The molecule has 1 heterocycles. The van der Waals surface area contributed by atoms with Gasteiger partial charge < -0.3 is 21.6 Å². The van der Waals surface area contributed by atoms with E-state index in [-0.39, 0.29) is 5.75 Å². The Bertz CT molecular complexity index is 266. The second kappa shape index (κ2) is 8.27. The highest BCUT2D eigenvalue weighted by molar-refractivity contribution is 7.80. The molecule has 6 nitrogen and oxygen atoms in total. The zero-order valence-electron chi connectivity index (χ0n) is 8.26. The van der Waals surface area contributed by atoms with E-state index >= 15 is 0 Å². The summed E-state index contributed by atoms with van der Waals surface area (Å²) in [5, 5.41) is 8.01. The topological polar surface area (TPSA) is 118 Å². The fraction of sp³-hybridized carbons (Fsp3) is 0.500. The molecule has 15 heavy (non-hydrogen) atoms. The van der Waals surface area contributed by atoms with Crippen LogP contribution < -0.4 is 11.5 Å². The average molecular weight is 232 g/mol. The van der Waals surface area contributed by atoms with Crippen molar-refractivity contribution in [3.8, 4) is 0 Å². The first kappa shape index (κ1) is 13.9. The Morgan fingerprint density at radius 1 is 1.73 bits per heavy atom. The molecule has 0 bridgehead atoms. The Balaban J connectivity index is 0.000000265. The number of rotatable bonds is 4. The lowest BCUT2D eigenvalue weighted by Gasteiger charge is -1.96. The lowest BCUT2D eigenvalue weighted by atomic mass is 10.3. The van der Waals surface area contributed by atoms with Gasteiger partial charge in [-0.25, -0.2) is 4.98 Å². The number of imidazole rings is 1. The SMILES string of the molecule is NC(CS)C(=O)O.NCCc1cnc[nH]1. The van der Waals surface area contributed by atoms with Gasteiger partial charge in [-0.2, -0.15) is 12.6 Å². The Labute approximate surface area is 93.5 Å². The van der Waals surface area contributed by atoms with Gasteiger partial charge >= 0.3 is 5.97 Å². The third-order valence-corrected chi connectivity index (χ3v) is 1.88. The number of nitrogens with two attached hydrogens (primary N) is 2. The van der Waals surface area contributed by atoms with Crippen molar-refractivity contribution in [1.29, 1.82) is 0 Å². The van der Waals surface area contributed by atoms with E-state index in [9.17, 15) is 4.79 Å². The summed E-state index contributed by atoms with van der Waals surface area (Å²) in [5.41, 5.74) is 11.3. The number of carboxylic acid groups (broad SMARTS) is 1. The predicted octanol–water partition coefficient (Wildman–Crippen LogP) is -0.761. The predicted molar refractivity (Wildman–Crippen MR) is 60.8 cm³/mol. The van der Waals surface area contributed by atoms with E-state index in [1.165, 1.54) is 0 Å². The Morgan fingerprint density at radius 2 is 2.40 bits per heavy atom. The molecule has 0 aliphatic rings. The number of aromatic nitrogens is 2. The number of carbonyl (C=O) groups is 1. The molecule has 0 aromatic carbocycles. The first-order valence-corrected chi connectivity index (χ1v) is 5.01. The fourth-order valence-corrected chi connectivity index (χ4v) is 0.811. The van der Waals surface area contributed by atoms with Crippen molar-refractivity contribution in [2.75, 3.05) is 12.3 Å². The van der Waals surface area contributed by atoms with Crippen molar-refractivity contribution in [1.82, 2.24) is 9.97 Å². The minimum atomic E-state index is -1.00. The Kier molecular flexibility index (Phi) is 7.69. The van der Waals surface area contributed by atoms with Crippen LogP contribution in [0.4, 0.5) is 0 Å². The van der Waals surface area contributed by atoms with Crippen LogP contribution in [0.2, 0.25) is 0 Å². The molecular weight excluding hydrogens is 216 g/mol. The summed E-state index contributed by atoms with van der Waals surface area (Å²) < 4.78 is 0. The largest absolute Gasteiger partial charge is 0.480 e. The zero-order valence-corrected chi connectivity index (χ0v) is 9.15. The Morgan fingerprint density at radius 3 is 2.67 bits per heavy atom. The highest BCUT2D eigenvalue weighted by atomic mass is 32.1. The number of aliphatic carboxylic acids is 1. The van der Waals surface area contributed by atoms with Crippen molar-refractivity contribution in [3.05, 3.63) is 18.2 Å². The third kappa shape index (κ3) is 6.95. The normalized spacial score (nSPS) is 11.4. The molecular formula is C8H16N4O2S. The van der Waals surface area contributed by atoms with Gasteiger partial charge in [-0.3, -0.25) is 4.79 Å². The number of aromatic amines is 1. The molecule has 0 spiro atoms. The number of thiol groups is 1. The lowest BCUT2D eigenvalue weighted by Crippen LogP contribution is -2.31. The maximum Gasteiger partial charge on any atom is 0.321 e. The van der Waals surface area contributed by atoms with Crippen LogP contribution in [0, 0.1) is 0 Å². The van der Waals surface area contributed by atoms with Crippen molar-refractivity contribution in [3.63, 3.8) is 0 Å². The molecule has 1 rings (SSSR count). The summed E-state index contributed by atoms with van der Waals surface area (Å²) in [6.45, 7) is 0.683. The number of hydrogen-bond acceptors (Lipinski definition) is 5. The van der Waals surface area contributed by atoms with Crippen LogP contribution in [-0.2, 0) is 11.2 Å². The zero-order chi connectivity index (χ0) is 11.7. The molecule has 86 valence electrons. The minimum Gasteiger partial charge on any atom is -0.480 e. The smallest absolute Gasteiger partial charge is 0.321 e. The molecule has 0 saturated carbocycles. The maximum atomic E-state index is 9.76. The van der Waals surface area contributed by atoms with Gasteiger partial charge in [0.25, 0.3) is 0 Å². The van der Waals surface area contributed by atoms with E-state index in [0.717, 1.165) is 12.1 Å². The minimum absolute atomic E-state index is 0.190. The quantitative estimate of drug-likeness (QED) is 0.437. The van der Waals surface area contributed by atoms with Gasteiger partial charge in [0.2, 0.25) is 0 Å². The van der Waals surface area contributed by atoms with Gasteiger partial charge in [0.15, 0.2) is 0 Å². The first-order chi connectivity index (χ1) is 7.11. The van der Waals surface area contributed by atoms with E-state index in [4.69, 9.17) is 16.6 Å². The fourth-order valence-electron chi connectivity index (χ4n) is 0.655. The van der Waals surface area contributed by atoms with E-state index in [0.29, 0.717) is 6.54 Å². The number of hydrogen-bond donors (Lipinski definition) is 5. The maximum absolute atomic E-state index is 9.76. The number of H-pyrrole nitrogens is 1. The van der Waals surface area contributed by atoms with Crippen LogP contribution in [0.15, 0.2) is 12.5 Å². The monoisotopic (exact) mass is 232 g/mol. The molecule has 1 unspecified atom stereocenters. The van der Waals surface area contributed by atoms with Crippen LogP contribution >= 0.6 is 12.6 Å². The summed E-state index contributed by atoms with van der Waals surface area (Å²) in [4.78, 5) is 16.5. The van der Waals surface area contributed by atoms with Crippen LogP contribution in [0.1, 0.15) is 5.69 Å². The summed E-state index contributed by atoms with van der Waals surface area (Å²) in [6, 6.07) is -0.816. The summed E-state index contributed by atoms with van der Waals surface area (Å²) in [6.07, 6.45) is 4.33. The van der Waals surface area contributed by atoms with Crippen LogP contribution in [0.25, 0.3) is 0 Å². The van der Waals surface area contributed by atoms with E-state index in [1.807, 2.05) is 0 Å². The second-order valence-corrected chi connectivity index (χ2v) is 3.11. The first-order valence-electron chi connectivity index (χ1n) is 4.38. The van der Waals surface area contributed by atoms with Crippen LogP contribution in [-0.4, -0.2) is 39.4 Å². The molecule has 1 aromatic heterocycles. The molecule has 0 amide bonds. The molecule has 0 fully saturated rings. The summed E-state index contributed by atoms with van der Waals surface area (Å²) >= 11 is 3.65. The molecule has 0 aliphatic heterocycles. The van der Waals surface area contributed by atoms with Crippen molar-refractivity contribution >= 4 is 18.6 Å². The third-order valence-electron chi connectivity index (χ3n) is 1.48. The highest BCUT2D eigenvalue weighted by Gasteiger charge is 2.06. The van der Waals surface area contributed by atoms with Crippen molar-refractivity contribution in [2.24, 2.45) is 11.5 Å². The number of nitrogens with one attached hydrogen (secondary N) is 1. The molecule has 1 atom stereocenters. The van der Waals surface area contributed by atoms with Gasteiger partial charge in [0, 0.05) is 24.1 Å².